The summed E-state index contributed by atoms with van der Waals surface area (Å²) in [5.41, 5.74) is -4.19. The summed E-state index contributed by atoms with van der Waals surface area (Å²) in [6.45, 7) is 7.98. The van der Waals surface area contributed by atoms with Gasteiger partial charge in [-0.3, -0.25) is 9.59 Å². The van der Waals surface area contributed by atoms with Crippen molar-refractivity contribution in [3.63, 3.8) is 0 Å². The van der Waals surface area contributed by atoms with E-state index in [0.717, 1.165) is 0 Å². The zero-order valence-electron chi connectivity index (χ0n) is 23.1. The Hall–Kier alpha value is -3.01. The van der Waals surface area contributed by atoms with Crippen molar-refractivity contribution in [2.24, 2.45) is 29.1 Å². The second-order valence-corrected chi connectivity index (χ2v) is 12.1. The van der Waals surface area contributed by atoms with Crippen molar-refractivity contribution in [3.05, 3.63) is 53.1 Å². The maximum atomic E-state index is 13.6. The number of esters is 2. The summed E-state index contributed by atoms with van der Waals surface area (Å²) in [5.74, 6) is -4.86. The molecule has 0 heterocycles. The summed E-state index contributed by atoms with van der Waals surface area (Å²) in [6.07, 6.45) is 2.09. The molecule has 1 aromatic carbocycles. The lowest BCUT2D eigenvalue weighted by Gasteiger charge is -2.53. The van der Waals surface area contributed by atoms with E-state index in [9.17, 15) is 29.7 Å². The minimum Gasteiger partial charge on any atom is -0.454 e. The standard InChI is InChI=1S/C30H37NO8/c1-15-11-22-28(36,24(15)34)13-18(14-32)12-20-23-27(4,5)30(23,39-17(3)33)25(16(2)29(20,22)37)38-26(35)19-9-7-8-10-21(19)31-6/h7-12,16,20,22-23,25,31-32,36-37H,13-14H2,1-6H3/t16-,20+,22-,23-,25-,28-,29-,30-/m1/s1. The molecule has 4 aliphatic carbocycles. The first kappa shape index (κ1) is 27.6. The number of carbonyl (C=O) groups excluding carboxylic acids is 3. The first-order valence-corrected chi connectivity index (χ1v) is 13.4. The molecule has 0 aromatic heterocycles. The Kier molecular flexibility index (Phi) is 6.18. The van der Waals surface area contributed by atoms with Gasteiger partial charge < -0.3 is 30.1 Å². The second kappa shape index (κ2) is 8.74. The zero-order valence-corrected chi connectivity index (χ0v) is 23.1. The summed E-state index contributed by atoms with van der Waals surface area (Å²) < 4.78 is 12.2. The summed E-state index contributed by atoms with van der Waals surface area (Å²) in [5, 5.41) is 37.7. The van der Waals surface area contributed by atoms with Gasteiger partial charge in [0.1, 0.15) is 11.7 Å². The van der Waals surface area contributed by atoms with E-state index < -0.39 is 76.3 Å². The van der Waals surface area contributed by atoms with E-state index in [1.807, 2.05) is 13.8 Å². The van der Waals surface area contributed by atoms with Crippen molar-refractivity contribution < 1.29 is 39.2 Å². The molecule has 2 saturated carbocycles. The lowest BCUT2D eigenvalue weighted by molar-refractivity contribution is -0.219. The Morgan fingerprint density at radius 1 is 1.15 bits per heavy atom. The van der Waals surface area contributed by atoms with Crippen LogP contribution in [0.25, 0.3) is 0 Å². The summed E-state index contributed by atoms with van der Waals surface area (Å²) in [7, 11) is 1.69. The number of benzene rings is 1. The van der Waals surface area contributed by atoms with Crippen molar-refractivity contribution >= 4 is 23.4 Å². The van der Waals surface area contributed by atoms with Crippen LogP contribution in [0, 0.1) is 29.1 Å². The van der Waals surface area contributed by atoms with E-state index in [-0.39, 0.29) is 12.0 Å². The van der Waals surface area contributed by atoms with Gasteiger partial charge in [-0.25, -0.2) is 4.79 Å². The molecule has 9 heteroatoms. The van der Waals surface area contributed by atoms with Crippen LogP contribution >= 0.6 is 0 Å². The fourth-order valence-corrected chi connectivity index (χ4v) is 8.12. The number of anilines is 1. The number of carbonyl (C=O) groups is 3. The molecule has 4 N–H and O–H groups in total. The molecule has 0 aliphatic heterocycles. The van der Waals surface area contributed by atoms with Crippen LogP contribution in [-0.4, -0.2) is 69.6 Å². The summed E-state index contributed by atoms with van der Waals surface area (Å²) >= 11 is 0. The molecule has 210 valence electrons. The number of aliphatic hydroxyl groups is 3. The van der Waals surface area contributed by atoms with Gasteiger partial charge in [0.2, 0.25) is 0 Å². The highest BCUT2D eigenvalue weighted by atomic mass is 16.6. The Balaban J connectivity index is 1.70. The highest BCUT2D eigenvalue weighted by molar-refractivity contribution is 6.05. The largest absolute Gasteiger partial charge is 0.454 e. The van der Waals surface area contributed by atoms with Crippen LogP contribution in [0.4, 0.5) is 5.69 Å². The van der Waals surface area contributed by atoms with Crippen molar-refractivity contribution in [2.45, 2.75) is 63.9 Å². The van der Waals surface area contributed by atoms with Gasteiger partial charge >= 0.3 is 11.9 Å². The average Bonchev–Trinajstić information content (AvgIpc) is 3.31. The van der Waals surface area contributed by atoms with E-state index in [2.05, 4.69) is 5.32 Å². The molecule has 2 fully saturated rings. The van der Waals surface area contributed by atoms with Gasteiger partial charge in [0, 0.05) is 55.2 Å². The van der Waals surface area contributed by atoms with E-state index >= 15 is 0 Å². The number of ketones is 1. The Bertz CT molecular complexity index is 1320. The third kappa shape index (κ3) is 3.45. The molecule has 0 radical (unpaired) electrons. The number of aliphatic hydroxyl groups excluding tert-OH is 1. The number of hydrogen-bond acceptors (Lipinski definition) is 9. The fourth-order valence-electron chi connectivity index (χ4n) is 8.12. The predicted octanol–water partition coefficient (Wildman–Crippen LogP) is 2.41. The van der Waals surface area contributed by atoms with Crippen LogP contribution in [0.1, 0.15) is 51.4 Å². The maximum Gasteiger partial charge on any atom is 0.340 e. The van der Waals surface area contributed by atoms with Crippen molar-refractivity contribution in [1.82, 2.24) is 0 Å². The molecule has 39 heavy (non-hydrogen) atoms. The van der Waals surface area contributed by atoms with Crippen LogP contribution in [-0.2, 0) is 19.1 Å². The van der Waals surface area contributed by atoms with E-state index in [1.165, 1.54) is 6.92 Å². The van der Waals surface area contributed by atoms with Gasteiger partial charge in [0.05, 0.1) is 17.8 Å². The normalized spacial score (nSPS) is 39.7. The minimum absolute atomic E-state index is 0.139. The number of hydrogen-bond donors (Lipinski definition) is 4. The van der Waals surface area contributed by atoms with E-state index in [4.69, 9.17) is 9.47 Å². The summed E-state index contributed by atoms with van der Waals surface area (Å²) in [4.78, 5) is 39.4. The van der Waals surface area contributed by atoms with E-state index in [0.29, 0.717) is 16.8 Å². The third-order valence-electron chi connectivity index (χ3n) is 9.92. The lowest BCUT2D eigenvalue weighted by atomic mass is 9.59. The zero-order chi connectivity index (χ0) is 28.7. The average molecular weight is 540 g/mol. The second-order valence-electron chi connectivity index (χ2n) is 12.1. The first-order valence-electron chi connectivity index (χ1n) is 13.4. The van der Waals surface area contributed by atoms with Gasteiger partial charge in [-0.2, -0.15) is 0 Å². The number of para-hydroxylation sites is 1. The minimum atomic E-state index is -1.97. The maximum absolute atomic E-state index is 13.6. The Morgan fingerprint density at radius 3 is 2.44 bits per heavy atom. The Labute approximate surface area is 227 Å². The smallest absolute Gasteiger partial charge is 0.340 e. The van der Waals surface area contributed by atoms with Gasteiger partial charge in [-0.15, -0.1) is 0 Å². The molecular formula is C30H37NO8. The molecule has 0 saturated heterocycles. The van der Waals surface area contributed by atoms with Crippen molar-refractivity contribution in [3.8, 4) is 0 Å². The summed E-state index contributed by atoms with van der Waals surface area (Å²) in [6, 6.07) is 6.85. The third-order valence-corrected chi connectivity index (χ3v) is 9.92. The SMILES string of the molecule is CNc1ccccc1C(=O)O[C@@H]1[C@@H](C)[C@@]2(O)[C@@H](C=C(CO)C[C@]3(O)C(=O)C(C)=C[C@@H]23)[C@@H]2C(C)(C)[C@]12OC(C)=O. The van der Waals surface area contributed by atoms with Crippen LogP contribution in [0.2, 0.25) is 0 Å². The van der Waals surface area contributed by atoms with Gasteiger partial charge in [0.15, 0.2) is 11.4 Å². The van der Waals surface area contributed by atoms with Crippen LogP contribution in [0.3, 0.4) is 0 Å². The molecule has 0 bridgehead atoms. The molecular weight excluding hydrogens is 502 g/mol. The van der Waals surface area contributed by atoms with Crippen molar-refractivity contribution in [1.29, 1.82) is 0 Å². The lowest BCUT2D eigenvalue weighted by Crippen LogP contribution is -2.66. The molecule has 8 atom stereocenters. The molecule has 0 unspecified atom stereocenters. The van der Waals surface area contributed by atoms with Crippen LogP contribution in [0.5, 0.6) is 0 Å². The topological polar surface area (TPSA) is 142 Å². The van der Waals surface area contributed by atoms with E-state index in [1.54, 1.807) is 57.3 Å². The predicted molar refractivity (Wildman–Crippen MR) is 142 cm³/mol. The number of ether oxygens (including phenoxy) is 2. The number of nitrogens with one attached hydrogen (secondary N) is 1. The number of Topliss-reactive ketones (excluding diaryl/α,β-unsaturated/α-hetero) is 1. The monoisotopic (exact) mass is 539 g/mol. The molecule has 1 aromatic rings. The molecule has 0 spiro atoms. The Morgan fingerprint density at radius 2 is 1.82 bits per heavy atom. The van der Waals surface area contributed by atoms with Gasteiger partial charge in [-0.1, -0.05) is 45.1 Å². The molecule has 9 nitrogen and oxygen atoms in total. The first-order chi connectivity index (χ1) is 18.2. The van der Waals surface area contributed by atoms with Crippen molar-refractivity contribution in [2.75, 3.05) is 19.0 Å². The van der Waals surface area contributed by atoms with Crippen LogP contribution in [0.15, 0.2) is 47.6 Å². The van der Waals surface area contributed by atoms with Gasteiger partial charge in [0.25, 0.3) is 0 Å². The van der Waals surface area contributed by atoms with Crippen LogP contribution < -0.4 is 5.32 Å². The quantitative estimate of drug-likeness (QED) is 0.328. The number of fused-ring (bicyclic) bond motifs is 5. The molecule has 0 amide bonds. The fraction of sp³-hybridized carbons (Fsp3) is 0.567. The highest BCUT2D eigenvalue weighted by Gasteiger charge is 2.87. The molecule has 4 aliphatic rings. The highest BCUT2D eigenvalue weighted by Crippen LogP contribution is 2.77. The number of rotatable bonds is 5. The molecule has 5 rings (SSSR count). The van der Waals surface area contributed by atoms with Gasteiger partial charge in [-0.05, 0) is 30.2 Å².